The minimum absolute atomic E-state index is 0.0771. The molecular weight excluding hydrogens is 268 g/mol. The molecule has 2 rings (SSSR count). The van der Waals surface area contributed by atoms with Crippen LogP contribution < -0.4 is 4.74 Å². The minimum Gasteiger partial charge on any atom is -0.434 e. The molecule has 2 unspecified atom stereocenters. The molecule has 1 aliphatic heterocycles. The number of nitriles is 1. The first-order valence-corrected chi connectivity index (χ1v) is 6.30. The minimum atomic E-state index is -2.98. The molecule has 0 radical (unpaired) electrons. The smallest absolute Gasteiger partial charge is 0.387 e. The normalized spacial score (nSPS) is 24.1. The van der Waals surface area contributed by atoms with Gasteiger partial charge in [-0.15, -0.1) is 0 Å². The van der Waals surface area contributed by atoms with E-state index in [0.717, 1.165) is 0 Å². The van der Waals surface area contributed by atoms with Crippen molar-refractivity contribution in [3.8, 4) is 11.8 Å². The predicted octanol–water partition coefficient (Wildman–Crippen LogP) is 2.64. The maximum absolute atomic E-state index is 12.4. The summed E-state index contributed by atoms with van der Waals surface area (Å²) in [7, 11) is 0. The van der Waals surface area contributed by atoms with E-state index in [1.54, 1.807) is 6.07 Å². The van der Waals surface area contributed by atoms with Crippen LogP contribution in [0.25, 0.3) is 0 Å². The number of halogens is 2. The van der Waals surface area contributed by atoms with E-state index in [4.69, 9.17) is 4.74 Å². The van der Waals surface area contributed by atoms with Crippen LogP contribution in [0.4, 0.5) is 8.78 Å². The van der Waals surface area contributed by atoms with Crippen molar-refractivity contribution in [2.45, 2.75) is 25.6 Å². The fourth-order valence-corrected chi connectivity index (χ4v) is 2.39. The van der Waals surface area contributed by atoms with Crippen molar-refractivity contribution in [3.63, 3.8) is 0 Å². The molecule has 1 N–H and O–H groups in total. The lowest BCUT2D eigenvalue weighted by atomic mass is 9.76. The van der Waals surface area contributed by atoms with Gasteiger partial charge in [0.05, 0.1) is 12.7 Å². The monoisotopic (exact) mass is 283 g/mol. The number of alkyl halides is 2. The summed E-state index contributed by atoms with van der Waals surface area (Å²) < 4.78 is 34.5. The maximum Gasteiger partial charge on any atom is 0.387 e. The molecule has 20 heavy (non-hydrogen) atoms. The number of ether oxygens (including phenoxy) is 2. The first kappa shape index (κ1) is 14.7. The molecule has 1 aromatic rings. The third-order valence-electron chi connectivity index (χ3n) is 3.45. The molecule has 108 valence electrons. The lowest BCUT2D eigenvalue weighted by Crippen LogP contribution is -2.36. The van der Waals surface area contributed by atoms with Crippen LogP contribution in [0.1, 0.15) is 24.5 Å². The van der Waals surface area contributed by atoms with E-state index in [9.17, 15) is 19.1 Å². The lowest BCUT2D eigenvalue weighted by Gasteiger charge is -2.35. The SMILES string of the molecule is N#CC1(C(O)c2ccccc2OC(F)F)CCCOC1. The van der Waals surface area contributed by atoms with E-state index < -0.39 is 18.1 Å². The molecule has 1 saturated heterocycles. The number of aliphatic hydroxyl groups excluding tert-OH is 1. The van der Waals surface area contributed by atoms with Gasteiger partial charge in [0.15, 0.2) is 0 Å². The van der Waals surface area contributed by atoms with Crippen LogP contribution in [-0.4, -0.2) is 24.9 Å². The van der Waals surface area contributed by atoms with Crippen LogP contribution >= 0.6 is 0 Å². The molecule has 1 aliphatic rings. The van der Waals surface area contributed by atoms with Gasteiger partial charge in [0.25, 0.3) is 0 Å². The van der Waals surface area contributed by atoms with Gasteiger partial charge in [0.2, 0.25) is 0 Å². The van der Waals surface area contributed by atoms with Gasteiger partial charge in [-0.25, -0.2) is 0 Å². The molecule has 2 atom stereocenters. The number of nitrogens with zero attached hydrogens (tertiary/aromatic N) is 1. The summed E-state index contributed by atoms with van der Waals surface area (Å²) in [4.78, 5) is 0. The molecule has 0 amide bonds. The number of hydrogen-bond acceptors (Lipinski definition) is 4. The summed E-state index contributed by atoms with van der Waals surface area (Å²) in [5, 5.41) is 19.8. The Kier molecular flexibility index (Phi) is 4.53. The number of aliphatic hydroxyl groups is 1. The second-order valence-corrected chi connectivity index (χ2v) is 4.74. The Morgan fingerprint density at radius 2 is 2.15 bits per heavy atom. The van der Waals surface area contributed by atoms with Crippen molar-refractivity contribution >= 4 is 0 Å². The van der Waals surface area contributed by atoms with Crippen LogP contribution in [-0.2, 0) is 4.74 Å². The Bertz CT molecular complexity index is 495. The Morgan fingerprint density at radius 3 is 2.75 bits per heavy atom. The first-order valence-electron chi connectivity index (χ1n) is 6.30. The fraction of sp³-hybridized carbons (Fsp3) is 0.500. The molecule has 6 heteroatoms. The van der Waals surface area contributed by atoms with Gasteiger partial charge in [-0.05, 0) is 18.9 Å². The summed E-state index contributed by atoms with van der Waals surface area (Å²) in [5.74, 6) is -0.116. The molecule has 1 aromatic carbocycles. The Hall–Kier alpha value is -1.71. The molecule has 0 spiro atoms. The highest BCUT2D eigenvalue weighted by atomic mass is 19.3. The average Bonchev–Trinajstić information content (AvgIpc) is 2.47. The van der Waals surface area contributed by atoms with Crippen LogP contribution in [0.2, 0.25) is 0 Å². The molecule has 1 heterocycles. The van der Waals surface area contributed by atoms with Crippen molar-refractivity contribution in [2.24, 2.45) is 5.41 Å². The van der Waals surface area contributed by atoms with Crippen molar-refractivity contribution in [1.29, 1.82) is 5.26 Å². The van der Waals surface area contributed by atoms with E-state index in [2.05, 4.69) is 10.8 Å². The molecule has 0 bridgehead atoms. The standard InChI is InChI=1S/C14H15F2NO3/c15-13(16)20-11-5-2-1-4-10(11)12(18)14(8-17)6-3-7-19-9-14/h1-2,4-5,12-13,18H,3,6-7,9H2. The van der Waals surface area contributed by atoms with Crippen LogP contribution in [0.3, 0.4) is 0 Å². The van der Waals surface area contributed by atoms with Crippen molar-refractivity contribution < 1.29 is 23.4 Å². The zero-order valence-electron chi connectivity index (χ0n) is 10.8. The highest BCUT2D eigenvalue weighted by Gasteiger charge is 2.42. The van der Waals surface area contributed by atoms with Gasteiger partial charge >= 0.3 is 6.61 Å². The predicted molar refractivity (Wildman–Crippen MR) is 66.1 cm³/mol. The quantitative estimate of drug-likeness (QED) is 0.922. The molecule has 0 aliphatic carbocycles. The lowest BCUT2D eigenvalue weighted by molar-refractivity contribution is -0.0636. The third kappa shape index (κ3) is 2.89. The van der Waals surface area contributed by atoms with Crippen molar-refractivity contribution in [2.75, 3.05) is 13.2 Å². The number of benzene rings is 1. The zero-order chi connectivity index (χ0) is 14.6. The van der Waals surface area contributed by atoms with E-state index in [1.165, 1.54) is 18.2 Å². The van der Waals surface area contributed by atoms with Crippen LogP contribution in [0.15, 0.2) is 24.3 Å². The Morgan fingerprint density at radius 1 is 1.40 bits per heavy atom. The van der Waals surface area contributed by atoms with Gasteiger partial charge in [-0.1, -0.05) is 18.2 Å². The van der Waals surface area contributed by atoms with E-state index >= 15 is 0 Å². The summed E-state index contributed by atoms with van der Waals surface area (Å²) in [6.45, 7) is -2.37. The third-order valence-corrected chi connectivity index (χ3v) is 3.45. The van der Waals surface area contributed by atoms with Gasteiger partial charge in [-0.2, -0.15) is 14.0 Å². The van der Waals surface area contributed by atoms with E-state index in [1.807, 2.05) is 0 Å². The van der Waals surface area contributed by atoms with Gasteiger partial charge in [0, 0.05) is 12.2 Å². The second-order valence-electron chi connectivity index (χ2n) is 4.74. The maximum atomic E-state index is 12.4. The van der Waals surface area contributed by atoms with Gasteiger partial charge in [-0.3, -0.25) is 0 Å². The van der Waals surface area contributed by atoms with Crippen LogP contribution in [0, 0.1) is 16.7 Å². The number of hydrogen-bond donors (Lipinski definition) is 1. The van der Waals surface area contributed by atoms with Gasteiger partial charge < -0.3 is 14.6 Å². The Labute approximate surface area is 115 Å². The number of rotatable bonds is 4. The highest BCUT2D eigenvalue weighted by molar-refractivity contribution is 5.37. The topological polar surface area (TPSA) is 62.5 Å². The largest absolute Gasteiger partial charge is 0.434 e. The summed E-state index contributed by atoms with van der Waals surface area (Å²) in [6, 6.07) is 8.04. The molecular formula is C14H15F2NO3. The molecule has 0 saturated carbocycles. The molecule has 1 fully saturated rings. The highest BCUT2D eigenvalue weighted by Crippen LogP contribution is 2.43. The summed E-state index contributed by atoms with van der Waals surface area (Å²) >= 11 is 0. The summed E-state index contributed by atoms with van der Waals surface area (Å²) in [5.41, 5.74) is -0.945. The van der Waals surface area contributed by atoms with Crippen LogP contribution in [0.5, 0.6) is 5.75 Å². The first-order chi connectivity index (χ1) is 9.59. The molecule has 4 nitrogen and oxygen atoms in total. The van der Waals surface area contributed by atoms with Crippen molar-refractivity contribution in [3.05, 3.63) is 29.8 Å². The summed E-state index contributed by atoms with van der Waals surface area (Å²) in [6.07, 6.45) is -0.140. The second kappa shape index (κ2) is 6.16. The zero-order valence-corrected chi connectivity index (χ0v) is 10.8. The van der Waals surface area contributed by atoms with Gasteiger partial charge in [0.1, 0.15) is 17.3 Å². The van der Waals surface area contributed by atoms with E-state index in [0.29, 0.717) is 19.4 Å². The fourth-order valence-electron chi connectivity index (χ4n) is 2.39. The average molecular weight is 283 g/mol. The molecule has 0 aromatic heterocycles. The van der Waals surface area contributed by atoms with Crippen molar-refractivity contribution in [1.82, 2.24) is 0 Å². The Balaban J connectivity index is 2.32. The number of para-hydroxylation sites is 1. The van der Waals surface area contributed by atoms with E-state index in [-0.39, 0.29) is 17.9 Å².